The Morgan fingerprint density at radius 1 is 1.19 bits per heavy atom. The van der Waals surface area contributed by atoms with Crippen LogP contribution in [0.2, 0.25) is 0 Å². The summed E-state index contributed by atoms with van der Waals surface area (Å²) in [6, 6.07) is 5.15. The molecule has 1 N–H and O–H groups in total. The van der Waals surface area contributed by atoms with Gasteiger partial charge in [0.15, 0.2) is 11.6 Å². The van der Waals surface area contributed by atoms with E-state index in [1.54, 1.807) is 17.8 Å². The summed E-state index contributed by atoms with van der Waals surface area (Å²) in [7, 11) is 1.76. The zero-order valence-electron chi connectivity index (χ0n) is 17.3. The van der Waals surface area contributed by atoms with Gasteiger partial charge in [0.05, 0.1) is 25.7 Å². The zero-order valence-corrected chi connectivity index (χ0v) is 17.3. The van der Waals surface area contributed by atoms with E-state index in [1.165, 1.54) is 17.0 Å². The van der Waals surface area contributed by atoms with Gasteiger partial charge in [-0.25, -0.2) is 8.78 Å². The van der Waals surface area contributed by atoms with Crippen molar-refractivity contribution in [2.75, 3.05) is 26.3 Å². The first-order chi connectivity index (χ1) is 14.8. The molecule has 2 saturated heterocycles. The van der Waals surface area contributed by atoms with E-state index in [2.05, 4.69) is 10.4 Å². The molecule has 0 radical (unpaired) electrons. The number of fused-ring (bicyclic) bond motifs is 1. The van der Waals surface area contributed by atoms with Crippen molar-refractivity contribution in [3.63, 3.8) is 0 Å². The maximum Gasteiger partial charge on any atom is 0.272 e. The summed E-state index contributed by atoms with van der Waals surface area (Å²) >= 11 is 0. The molecule has 0 unspecified atom stereocenters. The van der Waals surface area contributed by atoms with E-state index >= 15 is 0 Å². The average molecular weight is 434 g/mol. The Bertz CT molecular complexity index is 960. The van der Waals surface area contributed by atoms with Gasteiger partial charge in [-0.15, -0.1) is 0 Å². The van der Waals surface area contributed by atoms with E-state index in [4.69, 9.17) is 9.47 Å². The van der Waals surface area contributed by atoms with Crippen LogP contribution in [-0.2, 0) is 27.7 Å². The molecular weight excluding hydrogens is 410 g/mol. The minimum Gasteiger partial charge on any atom is -0.371 e. The van der Waals surface area contributed by atoms with Crippen molar-refractivity contribution in [1.82, 2.24) is 20.0 Å². The van der Waals surface area contributed by atoms with Gasteiger partial charge in [-0.2, -0.15) is 5.10 Å². The maximum absolute atomic E-state index is 13.9. The smallest absolute Gasteiger partial charge is 0.272 e. The molecule has 2 fully saturated rings. The average Bonchev–Trinajstić information content (AvgIpc) is 3.25. The molecule has 8 nitrogen and oxygen atoms in total. The molecule has 2 aliphatic heterocycles. The van der Waals surface area contributed by atoms with Crippen LogP contribution in [0.25, 0.3) is 0 Å². The van der Waals surface area contributed by atoms with Crippen LogP contribution in [-0.4, -0.2) is 71.0 Å². The van der Waals surface area contributed by atoms with Gasteiger partial charge in [-0.1, -0.05) is 12.1 Å². The monoisotopic (exact) mass is 434 g/mol. The number of aromatic nitrogens is 2. The van der Waals surface area contributed by atoms with Gasteiger partial charge in [0.2, 0.25) is 5.91 Å². The third-order valence-corrected chi connectivity index (χ3v) is 5.65. The molecule has 2 aromatic rings. The molecule has 31 heavy (non-hydrogen) atoms. The highest BCUT2D eigenvalue weighted by Gasteiger charge is 2.39. The third-order valence-electron chi connectivity index (χ3n) is 5.65. The number of likely N-dealkylation sites (tertiary alicyclic amines) is 1. The molecule has 0 spiro atoms. The van der Waals surface area contributed by atoms with Crippen molar-refractivity contribution in [2.24, 2.45) is 7.05 Å². The fourth-order valence-corrected chi connectivity index (χ4v) is 3.77. The molecule has 0 bridgehead atoms. The molecule has 3 heterocycles. The van der Waals surface area contributed by atoms with Crippen molar-refractivity contribution >= 4 is 11.8 Å². The molecular formula is C21H24F2N4O4. The number of rotatable bonds is 4. The molecule has 0 aliphatic carbocycles. The topological polar surface area (TPSA) is 85.7 Å². The van der Waals surface area contributed by atoms with Crippen molar-refractivity contribution in [3.05, 3.63) is 52.9 Å². The van der Waals surface area contributed by atoms with Gasteiger partial charge in [0.25, 0.3) is 5.91 Å². The molecule has 10 heteroatoms. The number of hydrogen-bond donors (Lipinski definition) is 1. The molecule has 1 aromatic heterocycles. The Morgan fingerprint density at radius 2 is 1.87 bits per heavy atom. The minimum atomic E-state index is -1.00. The number of carbonyl (C=O) groups is 2. The van der Waals surface area contributed by atoms with E-state index in [-0.39, 0.29) is 55.3 Å². The van der Waals surface area contributed by atoms with E-state index in [0.717, 1.165) is 11.8 Å². The van der Waals surface area contributed by atoms with Gasteiger partial charge >= 0.3 is 0 Å². The summed E-state index contributed by atoms with van der Waals surface area (Å²) < 4.78 is 40.6. The summed E-state index contributed by atoms with van der Waals surface area (Å²) in [5.41, 5.74) is 1.22. The first-order valence-corrected chi connectivity index (χ1v) is 10.1. The number of hydrogen-bond acceptors (Lipinski definition) is 5. The molecule has 2 aliphatic rings. The van der Waals surface area contributed by atoms with Crippen LogP contribution >= 0.6 is 0 Å². The molecule has 1 aromatic carbocycles. The normalized spacial score (nSPS) is 21.6. The predicted octanol–water partition coefficient (Wildman–Crippen LogP) is 0.974. The second-order valence-electron chi connectivity index (χ2n) is 7.90. The lowest BCUT2D eigenvalue weighted by Gasteiger charge is -2.19. The lowest BCUT2D eigenvalue weighted by Crippen LogP contribution is -2.41. The Labute approximate surface area is 178 Å². The van der Waals surface area contributed by atoms with Crippen LogP contribution < -0.4 is 5.32 Å². The van der Waals surface area contributed by atoms with Crippen molar-refractivity contribution < 1.29 is 27.8 Å². The maximum atomic E-state index is 13.9. The van der Waals surface area contributed by atoms with Crippen molar-refractivity contribution in [1.29, 1.82) is 0 Å². The SMILES string of the molecule is Cc1cc(C(=O)NC2CO[C@H]3CN(C(=O)Cc4cccc(F)c4F)C[C@@H]3OC2)nn1C. The third kappa shape index (κ3) is 4.59. The highest BCUT2D eigenvalue weighted by atomic mass is 19.2. The van der Waals surface area contributed by atoms with Crippen LogP contribution in [0.4, 0.5) is 8.78 Å². The summed E-state index contributed by atoms with van der Waals surface area (Å²) in [5, 5.41) is 7.02. The lowest BCUT2D eigenvalue weighted by molar-refractivity contribution is -0.130. The number of ether oxygens (including phenoxy) is 2. The van der Waals surface area contributed by atoms with E-state index < -0.39 is 11.6 Å². The van der Waals surface area contributed by atoms with Crippen LogP contribution in [0.5, 0.6) is 0 Å². The lowest BCUT2D eigenvalue weighted by atomic mass is 10.1. The molecule has 2 amide bonds. The van der Waals surface area contributed by atoms with Crippen LogP contribution in [0, 0.1) is 18.6 Å². The van der Waals surface area contributed by atoms with Crippen molar-refractivity contribution in [2.45, 2.75) is 31.6 Å². The molecule has 0 saturated carbocycles. The van der Waals surface area contributed by atoms with Gasteiger partial charge in [-0.3, -0.25) is 14.3 Å². The summed E-state index contributed by atoms with van der Waals surface area (Å²) in [6.07, 6.45) is -0.925. The highest BCUT2D eigenvalue weighted by Crippen LogP contribution is 2.22. The van der Waals surface area contributed by atoms with Crippen LogP contribution in [0.15, 0.2) is 24.3 Å². The fourth-order valence-electron chi connectivity index (χ4n) is 3.77. The summed E-state index contributed by atoms with van der Waals surface area (Å²) in [5.74, 6) is -2.60. The standard InChI is InChI=1S/C21H24F2N4O4/c1-12-6-16(25-26(12)2)21(29)24-14-10-30-17-8-27(9-18(17)31-11-14)19(28)7-13-4-3-5-15(22)20(13)23/h3-6,14,17-18H,7-11H2,1-2H3,(H,24,29)/t17-,18-/m0/s1. The summed E-state index contributed by atoms with van der Waals surface area (Å²) in [4.78, 5) is 26.5. The van der Waals surface area contributed by atoms with Gasteiger partial charge in [0.1, 0.15) is 17.9 Å². The Hall–Kier alpha value is -2.85. The van der Waals surface area contributed by atoms with E-state index in [9.17, 15) is 18.4 Å². The van der Waals surface area contributed by atoms with Gasteiger partial charge < -0.3 is 19.7 Å². The Morgan fingerprint density at radius 3 is 2.48 bits per heavy atom. The predicted molar refractivity (Wildman–Crippen MR) is 105 cm³/mol. The first-order valence-electron chi connectivity index (χ1n) is 10.1. The Balaban J connectivity index is 1.30. The number of amides is 2. The number of benzene rings is 1. The van der Waals surface area contributed by atoms with E-state index in [1.807, 2.05) is 6.92 Å². The second-order valence-corrected chi connectivity index (χ2v) is 7.90. The number of carbonyl (C=O) groups excluding carboxylic acids is 2. The van der Waals surface area contributed by atoms with Gasteiger partial charge in [-0.05, 0) is 19.1 Å². The first kappa shape index (κ1) is 21.4. The molecule has 166 valence electrons. The van der Waals surface area contributed by atoms with Crippen LogP contribution in [0.1, 0.15) is 21.7 Å². The number of halogens is 2. The molecule has 4 rings (SSSR count). The Kier molecular flexibility index (Phi) is 6.01. The van der Waals surface area contributed by atoms with Crippen LogP contribution in [0.3, 0.4) is 0 Å². The largest absolute Gasteiger partial charge is 0.371 e. The number of nitrogens with zero attached hydrogens (tertiary/aromatic N) is 3. The fraction of sp³-hybridized carbons (Fsp3) is 0.476. The summed E-state index contributed by atoms with van der Waals surface area (Å²) in [6.45, 7) is 2.91. The molecule has 2 atom stereocenters. The zero-order chi connectivity index (χ0) is 22.1. The second kappa shape index (κ2) is 8.72. The van der Waals surface area contributed by atoms with E-state index in [0.29, 0.717) is 18.8 Å². The number of nitrogens with one attached hydrogen (secondary N) is 1. The van der Waals surface area contributed by atoms with Gasteiger partial charge in [0, 0.05) is 31.4 Å². The minimum absolute atomic E-state index is 0.0199. The quantitative estimate of drug-likeness (QED) is 0.775. The highest BCUT2D eigenvalue weighted by molar-refractivity contribution is 5.92. The van der Waals surface area contributed by atoms with Crippen molar-refractivity contribution in [3.8, 4) is 0 Å². The number of aryl methyl sites for hydroxylation is 2.